The fourth-order valence-corrected chi connectivity index (χ4v) is 4.28. The van der Waals surface area contributed by atoms with Gasteiger partial charge in [-0.25, -0.2) is 4.39 Å². The van der Waals surface area contributed by atoms with E-state index in [0.29, 0.717) is 12.3 Å². The largest absolute Gasteiger partial charge is 0.497 e. The molecule has 0 radical (unpaired) electrons. The molecule has 0 N–H and O–H groups in total. The van der Waals surface area contributed by atoms with Crippen LogP contribution >= 0.6 is 0 Å². The third-order valence-electron chi connectivity index (χ3n) is 5.91. The van der Waals surface area contributed by atoms with E-state index in [2.05, 4.69) is 30.9 Å². The predicted molar refractivity (Wildman–Crippen MR) is 119 cm³/mol. The van der Waals surface area contributed by atoms with Crippen molar-refractivity contribution in [1.29, 1.82) is 0 Å². The summed E-state index contributed by atoms with van der Waals surface area (Å²) in [6.45, 7) is 8.02. The Balaban J connectivity index is 1.98. The van der Waals surface area contributed by atoms with E-state index in [4.69, 9.17) is 4.74 Å². The van der Waals surface area contributed by atoms with E-state index < -0.39 is 0 Å². The molecule has 0 spiro atoms. The van der Waals surface area contributed by atoms with Crippen LogP contribution in [0.25, 0.3) is 0 Å². The number of hydrogen-bond donors (Lipinski definition) is 0. The van der Waals surface area contributed by atoms with E-state index in [1.807, 2.05) is 31.2 Å². The summed E-state index contributed by atoms with van der Waals surface area (Å²) in [6.07, 6.45) is 4.95. The number of ether oxygens (including phenoxy) is 1. The first-order chi connectivity index (χ1) is 14.4. The van der Waals surface area contributed by atoms with Crippen LogP contribution in [0.1, 0.15) is 37.8 Å². The fraction of sp³-hybridized carbons (Fsp3) is 0.423. The molecule has 0 aromatic heterocycles. The number of carbonyl (C=O) groups excluding carboxylic acids is 1. The molecule has 2 aromatic rings. The van der Waals surface area contributed by atoms with Crippen molar-refractivity contribution in [1.82, 2.24) is 4.90 Å². The number of ketones is 1. The molecule has 0 aliphatic carbocycles. The summed E-state index contributed by atoms with van der Waals surface area (Å²) in [5.74, 6) is 1.02. The maximum absolute atomic E-state index is 13.7. The quantitative estimate of drug-likeness (QED) is 0.610. The molecule has 2 aromatic carbocycles. The van der Waals surface area contributed by atoms with E-state index in [1.54, 1.807) is 19.2 Å². The SMILES string of the molecule is COc1ccc([C@@H]2/C=C\CN(CC(C)C)[C@@H](C)C(=O)[C@H]2Cc2ccc(F)cc2)cc1. The van der Waals surface area contributed by atoms with Crippen molar-refractivity contribution in [3.63, 3.8) is 0 Å². The summed E-state index contributed by atoms with van der Waals surface area (Å²) in [4.78, 5) is 15.9. The van der Waals surface area contributed by atoms with E-state index >= 15 is 0 Å². The first kappa shape index (κ1) is 22.2. The summed E-state index contributed by atoms with van der Waals surface area (Å²) in [6, 6.07) is 14.3. The lowest BCUT2D eigenvalue weighted by molar-refractivity contribution is -0.128. The van der Waals surface area contributed by atoms with E-state index in [1.165, 1.54) is 12.1 Å². The summed E-state index contributed by atoms with van der Waals surface area (Å²) < 4.78 is 18.7. The van der Waals surface area contributed by atoms with Gasteiger partial charge in [0.05, 0.1) is 13.2 Å². The first-order valence-corrected chi connectivity index (χ1v) is 10.7. The average Bonchev–Trinajstić information content (AvgIpc) is 2.74. The monoisotopic (exact) mass is 409 g/mol. The van der Waals surface area contributed by atoms with Crippen LogP contribution in [0.2, 0.25) is 0 Å². The van der Waals surface area contributed by atoms with E-state index in [0.717, 1.165) is 30.0 Å². The highest BCUT2D eigenvalue weighted by Crippen LogP contribution is 2.34. The lowest BCUT2D eigenvalue weighted by atomic mass is 9.76. The smallest absolute Gasteiger partial charge is 0.154 e. The minimum atomic E-state index is -0.259. The molecule has 1 heterocycles. The molecule has 0 bridgehead atoms. The van der Waals surface area contributed by atoms with Gasteiger partial charge < -0.3 is 4.74 Å². The van der Waals surface area contributed by atoms with Crippen molar-refractivity contribution in [2.75, 3.05) is 20.2 Å². The van der Waals surface area contributed by atoms with E-state index in [9.17, 15) is 9.18 Å². The zero-order valence-electron chi connectivity index (χ0n) is 18.3. The Morgan fingerprint density at radius 2 is 1.77 bits per heavy atom. The Kier molecular flexibility index (Phi) is 7.43. The van der Waals surface area contributed by atoms with Gasteiger partial charge in [-0.15, -0.1) is 0 Å². The molecule has 0 saturated heterocycles. The Labute approximate surface area is 179 Å². The highest BCUT2D eigenvalue weighted by molar-refractivity contribution is 5.87. The van der Waals surface area contributed by atoms with Crippen LogP contribution in [0.15, 0.2) is 60.7 Å². The number of benzene rings is 2. The molecule has 4 heteroatoms. The van der Waals surface area contributed by atoms with Crippen LogP contribution in [0, 0.1) is 17.7 Å². The highest BCUT2D eigenvalue weighted by Gasteiger charge is 2.35. The Morgan fingerprint density at radius 1 is 1.10 bits per heavy atom. The van der Waals surface area contributed by atoms with Gasteiger partial charge >= 0.3 is 0 Å². The zero-order valence-corrected chi connectivity index (χ0v) is 18.3. The van der Waals surface area contributed by atoms with Gasteiger partial charge in [0, 0.05) is 24.9 Å². The van der Waals surface area contributed by atoms with Crippen molar-refractivity contribution in [3.05, 3.63) is 77.6 Å². The van der Waals surface area contributed by atoms with Crippen LogP contribution in [-0.4, -0.2) is 36.9 Å². The second-order valence-corrected chi connectivity index (χ2v) is 8.59. The molecule has 1 aliphatic rings. The Hall–Kier alpha value is -2.46. The molecule has 0 amide bonds. The third kappa shape index (κ3) is 5.37. The van der Waals surface area contributed by atoms with Crippen LogP contribution < -0.4 is 4.74 Å². The fourth-order valence-electron chi connectivity index (χ4n) is 4.28. The first-order valence-electron chi connectivity index (χ1n) is 10.7. The summed E-state index contributed by atoms with van der Waals surface area (Å²) in [5, 5.41) is 0. The third-order valence-corrected chi connectivity index (χ3v) is 5.91. The van der Waals surface area contributed by atoms with Crippen LogP contribution in [-0.2, 0) is 11.2 Å². The molecule has 0 fully saturated rings. The van der Waals surface area contributed by atoms with Crippen molar-refractivity contribution >= 4 is 5.78 Å². The Morgan fingerprint density at radius 3 is 2.37 bits per heavy atom. The predicted octanol–water partition coefficient (Wildman–Crippen LogP) is 5.26. The maximum Gasteiger partial charge on any atom is 0.154 e. The summed E-state index contributed by atoms with van der Waals surface area (Å²) >= 11 is 0. The molecule has 0 unspecified atom stereocenters. The summed E-state index contributed by atoms with van der Waals surface area (Å²) in [5.41, 5.74) is 2.07. The molecular formula is C26H32FNO2. The van der Waals surface area contributed by atoms with Crippen LogP contribution in [0.3, 0.4) is 0 Å². The second kappa shape index (κ2) is 10.0. The van der Waals surface area contributed by atoms with Gasteiger partial charge in [0.15, 0.2) is 5.78 Å². The minimum Gasteiger partial charge on any atom is -0.497 e. The number of halogens is 1. The number of rotatable bonds is 6. The van der Waals surface area contributed by atoms with Gasteiger partial charge in [-0.2, -0.15) is 0 Å². The van der Waals surface area contributed by atoms with Crippen molar-refractivity contribution in [2.45, 2.75) is 39.2 Å². The number of hydrogen-bond acceptors (Lipinski definition) is 3. The van der Waals surface area contributed by atoms with Gasteiger partial charge in [0.25, 0.3) is 0 Å². The van der Waals surface area contributed by atoms with Crippen LogP contribution in [0.5, 0.6) is 5.75 Å². The number of carbonyl (C=O) groups is 1. The normalized spacial score (nSPS) is 23.8. The minimum absolute atomic E-state index is 0.0305. The van der Waals surface area contributed by atoms with Gasteiger partial charge in [0.1, 0.15) is 11.6 Å². The van der Waals surface area contributed by atoms with Crippen molar-refractivity contribution < 1.29 is 13.9 Å². The van der Waals surface area contributed by atoms with Gasteiger partial charge in [0.2, 0.25) is 0 Å². The molecule has 30 heavy (non-hydrogen) atoms. The Bertz CT molecular complexity index is 858. The standard InChI is InChI=1S/C26H32FNO2/c1-18(2)17-28-15-5-6-24(21-9-13-23(30-4)14-10-21)25(26(29)19(28)3)16-20-7-11-22(27)12-8-20/h5-14,18-19,24-25H,15-17H2,1-4H3/b6-5-/t19-,24-,25-/m0/s1. The molecule has 160 valence electrons. The number of allylic oxidation sites excluding steroid dienone is 1. The van der Waals surface area contributed by atoms with Gasteiger partial charge in [-0.3, -0.25) is 9.69 Å². The lowest BCUT2D eigenvalue weighted by Crippen LogP contribution is -2.46. The number of Topliss-reactive ketones (excluding diaryl/α,β-unsaturated/α-hetero) is 1. The number of nitrogens with zero attached hydrogens (tertiary/aromatic N) is 1. The number of methoxy groups -OCH3 is 1. The molecule has 3 atom stereocenters. The average molecular weight is 410 g/mol. The molecule has 1 aliphatic heterocycles. The van der Waals surface area contributed by atoms with E-state index in [-0.39, 0.29) is 29.5 Å². The molecule has 3 rings (SSSR count). The lowest BCUT2D eigenvalue weighted by Gasteiger charge is -2.35. The highest BCUT2D eigenvalue weighted by atomic mass is 19.1. The topological polar surface area (TPSA) is 29.5 Å². The van der Waals surface area contributed by atoms with Crippen molar-refractivity contribution in [3.8, 4) is 5.75 Å². The van der Waals surface area contributed by atoms with Gasteiger partial charge in [-0.1, -0.05) is 50.3 Å². The molecule has 0 saturated carbocycles. The van der Waals surface area contributed by atoms with Crippen LogP contribution in [0.4, 0.5) is 4.39 Å². The maximum atomic E-state index is 13.7. The van der Waals surface area contributed by atoms with Crippen molar-refractivity contribution in [2.24, 2.45) is 11.8 Å². The second-order valence-electron chi connectivity index (χ2n) is 8.59. The van der Waals surface area contributed by atoms with Gasteiger partial charge in [-0.05, 0) is 54.7 Å². The zero-order chi connectivity index (χ0) is 21.7. The summed E-state index contributed by atoms with van der Waals surface area (Å²) in [7, 11) is 1.65. The molecular weight excluding hydrogens is 377 g/mol. The molecule has 3 nitrogen and oxygen atoms in total.